The molecule has 2 aromatic carbocycles. The molecule has 6 nitrogen and oxygen atoms in total. The number of carbonyl (C=O) groups excluding carboxylic acids is 2. The average molecular weight is 433 g/mol. The summed E-state index contributed by atoms with van der Waals surface area (Å²) in [5.74, 6) is -0.341. The second kappa shape index (κ2) is 9.57. The van der Waals surface area contributed by atoms with Crippen molar-refractivity contribution < 1.29 is 9.59 Å². The van der Waals surface area contributed by atoms with Crippen LogP contribution in [0.4, 0.5) is 22.2 Å². The Hall–Kier alpha value is -3.45. The largest absolute Gasteiger partial charge is 0.371 e. The van der Waals surface area contributed by atoms with E-state index in [1.165, 1.54) is 37.2 Å². The van der Waals surface area contributed by atoms with E-state index >= 15 is 0 Å². The van der Waals surface area contributed by atoms with Gasteiger partial charge in [-0.3, -0.25) is 14.5 Å². The van der Waals surface area contributed by atoms with Gasteiger partial charge in [0.25, 0.3) is 0 Å². The van der Waals surface area contributed by atoms with E-state index < -0.39 is 0 Å². The lowest BCUT2D eigenvalue weighted by Gasteiger charge is -2.18. The number of nitrogens with zero attached hydrogens (tertiary/aromatic N) is 3. The minimum Gasteiger partial charge on any atom is -0.371 e. The number of benzene rings is 2. The first-order valence-corrected chi connectivity index (χ1v) is 11.1. The Morgan fingerprint density at radius 3 is 2.61 bits per heavy atom. The summed E-state index contributed by atoms with van der Waals surface area (Å²) in [5, 5.41) is 5.30. The fraction of sp³-hybridized carbons (Fsp3) is 0.208. The third-order valence-corrected chi connectivity index (χ3v) is 5.86. The van der Waals surface area contributed by atoms with Crippen LogP contribution in [-0.4, -0.2) is 29.9 Å². The highest BCUT2D eigenvalue weighted by Gasteiger charge is 2.17. The maximum atomic E-state index is 12.4. The number of para-hydroxylation sites is 1. The third-order valence-electron chi connectivity index (χ3n) is 5.02. The van der Waals surface area contributed by atoms with Crippen molar-refractivity contribution >= 4 is 51.4 Å². The zero-order valence-electron chi connectivity index (χ0n) is 17.3. The smallest absolute Gasteiger partial charge is 0.248 e. The van der Waals surface area contributed by atoms with Crippen molar-refractivity contribution in [2.75, 3.05) is 28.2 Å². The molecule has 1 aliphatic heterocycles. The Balaban J connectivity index is 1.42. The predicted molar refractivity (Wildman–Crippen MR) is 127 cm³/mol. The van der Waals surface area contributed by atoms with Crippen LogP contribution in [0.3, 0.4) is 0 Å². The second-order valence-corrected chi connectivity index (χ2v) is 8.15. The zero-order chi connectivity index (χ0) is 21.6. The van der Waals surface area contributed by atoms with Crippen molar-refractivity contribution in [2.45, 2.75) is 19.8 Å². The molecule has 0 atom stereocenters. The average Bonchev–Trinajstić information content (AvgIpc) is 3.46. The first-order valence-electron chi connectivity index (χ1n) is 10.3. The number of aromatic nitrogens is 1. The number of thiazole rings is 1. The number of rotatable bonds is 6. The Morgan fingerprint density at radius 1 is 1.10 bits per heavy atom. The standard InChI is InChI=1S/C24H24N4O2S/c1-18(29)28(21-9-3-2-4-10-21)24-26-20(17-31-24)12-13-23(30)25-19-8-7-11-22(16-19)27-14-5-6-15-27/h2-4,7-13,16-17H,5-6,14-15H2,1H3,(H,25,30)/b13-12+. The molecule has 2 amide bonds. The zero-order valence-corrected chi connectivity index (χ0v) is 18.1. The van der Waals surface area contributed by atoms with Crippen molar-refractivity contribution in [1.82, 2.24) is 4.98 Å². The highest BCUT2D eigenvalue weighted by atomic mass is 32.1. The minimum absolute atomic E-state index is 0.119. The molecule has 0 spiro atoms. The monoisotopic (exact) mass is 432 g/mol. The molecule has 1 N–H and O–H groups in total. The maximum Gasteiger partial charge on any atom is 0.248 e. The normalized spacial score (nSPS) is 13.5. The molecule has 1 saturated heterocycles. The molecule has 0 bridgehead atoms. The summed E-state index contributed by atoms with van der Waals surface area (Å²) in [7, 11) is 0. The number of nitrogens with one attached hydrogen (secondary N) is 1. The van der Waals surface area contributed by atoms with E-state index in [4.69, 9.17) is 0 Å². The first-order chi connectivity index (χ1) is 15.1. The molecule has 31 heavy (non-hydrogen) atoms. The van der Waals surface area contributed by atoms with Gasteiger partial charge in [0.15, 0.2) is 5.13 Å². The lowest BCUT2D eigenvalue weighted by Crippen LogP contribution is -2.22. The van der Waals surface area contributed by atoms with Crippen molar-refractivity contribution in [3.63, 3.8) is 0 Å². The van der Waals surface area contributed by atoms with Gasteiger partial charge in [-0.1, -0.05) is 24.3 Å². The molecule has 4 rings (SSSR count). The Kier molecular flexibility index (Phi) is 6.43. The molecule has 158 valence electrons. The molecule has 0 radical (unpaired) electrons. The van der Waals surface area contributed by atoms with E-state index in [0.717, 1.165) is 30.2 Å². The van der Waals surface area contributed by atoms with Crippen LogP contribution >= 0.6 is 11.3 Å². The number of anilines is 4. The van der Waals surface area contributed by atoms with Gasteiger partial charge in [0.1, 0.15) is 0 Å². The van der Waals surface area contributed by atoms with Crippen LogP contribution in [0.25, 0.3) is 6.08 Å². The van der Waals surface area contributed by atoms with Gasteiger partial charge in [0.05, 0.1) is 11.4 Å². The van der Waals surface area contributed by atoms with Crippen LogP contribution in [0.2, 0.25) is 0 Å². The van der Waals surface area contributed by atoms with Gasteiger partial charge in [-0.05, 0) is 49.2 Å². The lowest BCUT2D eigenvalue weighted by molar-refractivity contribution is -0.116. The van der Waals surface area contributed by atoms with Gasteiger partial charge in [-0.25, -0.2) is 4.98 Å². The molecule has 0 aliphatic carbocycles. The summed E-state index contributed by atoms with van der Waals surface area (Å²) in [6.45, 7) is 3.63. The molecule has 0 unspecified atom stereocenters. The topological polar surface area (TPSA) is 65.5 Å². The summed E-state index contributed by atoms with van der Waals surface area (Å²) < 4.78 is 0. The van der Waals surface area contributed by atoms with Crippen LogP contribution < -0.4 is 15.1 Å². The maximum absolute atomic E-state index is 12.4. The van der Waals surface area contributed by atoms with E-state index in [2.05, 4.69) is 21.3 Å². The van der Waals surface area contributed by atoms with Gasteiger partial charge in [0, 0.05) is 42.8 Å². The third kappa shape index (κ3) is 5.19. The first kappa shape index (κ1) is 20.8. The number of hydrogen-bond donors (Lipinski definition) is 1. The van der Waals surface area contributed by atoms with Crippen LogP contribution in [0.15, 0.2) is 66.1 Å². The summed E-state index contributed by atoms with van der Waals surface area (Å²) in [6, 6.07) is 17.3. The minimum atomic E-state index is -0.223. The summed E-state index contributed by atoms with van der Waals surface area (Å²) in [4.78, 5) is 32.9. The quantitative estimate of drug-likeness (QED) is 0.552. The highest BCUT2D eigenvalue weighted by Crippen LogP contribution is 2.29. The number of hydrogen-bond acceptors (Lipinski definition) is 5. The fourth-order valence-electron chi connectivity index (χ4n) is 3.56. The van der Waals surface area contributed by atoms with Crippen molar-refractivity contribution in [2.24, 2.45) is 0 Å². The van der Waals surface area contributed by atoms with Crippen molar-refractivity contribution in [3.8, 4) is 0 Å². The molecular formula is C24H24N4O2S. The molecule has 3 aromatic rings. The van der Waals surface area contributed by atoms with Gasteiger partial charge < -0.3 is 10.2 Å². The van der Waals surface area contributed by atoms with Gasteiger partial charge in [-0.2, -0.15) is 0 Å². The van der Waals surface area contributed by atoms with Gasteiger partial charge in [-0.15, -0.1) is 11.3 Å². The Bertz CT molecular complexity index is 1090. The predicted octanol–water partition coefficient (Wildman–Crippen LogP) is 5.08. The summed E-state index contributed by atoms with van der Waals surface area (Å²) in [6.07, 6.45) is 5.53. The van der Waals surface area contributed by atoms with E-state index in [-0.39, 0.29) is 11.8 Å². The molecule has 0 saturated carbocycles. The SMILES string of the molecule is CC(=O)N(c1ccccc1)c1nc(/C=C/C(=O)Nc2cccc(N3CCCC3)c2)cs1. The van der Waals surface area contributed by atoms with Crippen LogP contribution in [0.5, 0.6) is 0 Å². The Morgan fingerprint density at radius 2 is 1.87 bits per heavy atom. The number of amides is 2. The lowest BCUT2D eigenvalue weighted by atomic mass is 10.2. The van der Waals surface area contributed by atoms with Gasteiger partial charge in [0.2, 0.25) is 11.8 Å². The molecule has 1 fully saturated rings. The molecule has 1 aromatic heterocycles. The van der Waals surface area contributed by atoms with Gasteiger partial charge >= 0.3 is 0 Å². The molecular weight excluding hydrogens is 408 g/mol. The van der Waals surface area contributed by atoms with E-state index in [1.54, 1.807) is 11.0 Å². The van der Waals surface area contributed by atoms with Crippen LogP contribution in [0.1, 0.15) is 25.5 Å². The fourth-order valence-corrected chi connectivity index (χ4v) is 4.42. The van der Waals surface area contributed by atoms with E-state index in [0.29, 0.717) is 10.8 Å². The summed E-state index contributed by atoms with van der Waals surface area (Å²) in [5.41, 5.74) is 3.29. The van der Waals surface area contributed by atoms with E-state index in [9.17, 15) is 9.59 Å². The molecule has 1 aliphatic rings. The number of carbonyl (C=O) groups is 2. The molecule has 2 heterocycles. The second-order valence-electron chi connectivity index (χ2n) is 7.31. The Labute approximate surface area is 185 Å². The van der Waals surface area contributed by atoms with Crippen LogP contribution in [-0.2, 0) is 9.59 Å². The molecule has 7 heteroatoms. The van der Waals surface area contributed by atoms with Crippen LogP contribution in [0, 0.1) is 0 Å². The van der Waals surface area contributed by atoms with Crippen molar-refractivity contribution in [3.05, 3.63) is 71.7 Å². The summed E-state index contributed by atoms with van der Waals surface area (Å²) >= 11 is 1.36. The van der Waals surface area contributed by atoms with E-state index in [1.807, 2.05) is 53.9 Å². The van der Waals surface area contributed by atoms with Crippen molar-refractivity contribution in [1.29, 1.82) is 0 Å². The highest BCUT2D eigenvalue weighted by molar-refractivity contribution is 7.14.